The molecule has 1 heterocycles. The number of hydrogen-bond donors (Lipinski definition) is 2. The van der Waals surface area contributed by atoms with Gasteiger partial charge in [0.05, 0.1) is 7.11 Å². The van der Waals surface area contributed by atoms with Crippen molar-refractivity contribution in [2.45, 2.75) is 6.54 Å². The van der Waals surface area contributed by atoms with E-state index in [9.17, 15) is 13.6 Å². The first-order chi connectivity index (χ1) is 8.10. The summed E-state index contributed by atoms with van der Waals surface area (Å²) in [4.78, 5) is 14.0. The number of H-pyrrole nitrogens is 1. The minimum Gasteiger partial charge on any atom is -0.494 e. The molecule has 2 aromatic rings. The summed E-state index contributed by atoms with van der Waals surface area (Å²) in [7, 11) is 1.31. The number of aromatic nitrogens is 2. The van der Waals surface area contributed by atoms with Crippen LogP contribution >= 0.6 is 0 Å². The van der Waals surface area contributed by atoms with E-state index in [4.69, 9.17) is 10.5 Å². The molecule has 5 nitrogen and oxygen atoms in total. The predicted molar refractivity (Wildman–Crippen MR) is 58.1 cm³/mol. The topological polar surface area (TPSA) is 73.0 Å². The molecule has 0 spiro atoms. The van der Waals surface area contributed by atoms with Crippen molar-refractivity contribution in [2.75, 3.05) is 13.7 Å². The van der Waals surface area contributed by atoms with Gasteiger partial charge in [0, 0.05) is 19.2 Å². The number of rotatable bonds is 3. The van der Waals surface area contributed by atoms with E-state index in [1.54, 1.807) is 0 Å². The Balaban J connectivity index is 2.89. The highest BCUT2D eigenvalue weighted by Crippen LogP contribution is 2.27. The van der Waals surface area contributed by atoms with E-state index in [1.807, 2.05) is 0 Å². The number of imidazole rings is 1. The minimum absolute atomic E-state index is 0.0757. The number of nitrogens with zero attached hydrogens (tertiary/aromatic N) is 1. The van der Waals surface area contributed by atoms with Crippen molar-refractivity contribution in [3.05, 3.63) is 28.2 Å². The molecule has 17 heavy (non-hydrogen) atoms. The Labute approximate surface area is 94.8 Å². The first-order valence-corrected chi connectivity index (χ1v) is 4.94. The second-order valence-electron chi connectivity index (χ2n) is 3.47. The molecule has 0 aliphatic carbocycles. The molecule has 0 saturated heterocycles. The Morgan fingerprint density at radius 1 is 1.53 bits per heavy atom. The summed E-state index contributed by atoms with van der Waals surface area (Å²) in [5.41, 5.74) is 4.74. The lowest BCUT2D eigenvalue weighted by atomic mass is 10.2. The highest BCUT2D eigenvalue weighted by Gasteiger charge is 2.19. The molecule has 0 saturated carbocycles. The average molecular weight is 243 g/mol. The van der Waals surface area contributed by atoms with Crippen LogP contribution < -0.4 is 16.2 Å². The molecule has 92 valence electrons. The van der Waals surface area contributed by atoms with Crippen LogP contribution in [0.4, 0.5) is 8.78 Å². The molecule has 0 aliphatic rings. The van der Waals surface area contributed by atoms with Crippen LogP contribution in [0.1, 0.15) is 0 Å². The summed E-state index contributed by atoms with van der Waals surface area (Å²) in [6.45, 7) is 0.244. The quantitative estimate of drug-likeness (QED) is 0.828. The Hall–Kier alpha value is -1.89. The maximum absolute atomic E-state index is 13.7. The zero-order valence-electron chi connectivity index (χ0n) is 9.09. The number of methoxy groups -OCH3 is 1. The van der Waals surface area contributed by atoms with E-state index in [0.29, 0.717) is 0 Å². The SMILES string of the molecule is COc1cc(F)c(F)c2c1[nH]c(=O)n2CCN. The van der Waals surface area contributed by atoms with Crippen molar-refractivity contribution in [2.24, 2.45) is 5.73 Å². The van der Waals surface area contributed by atoms with Crippen molar-refractivity contribution in [3.63, 3.8) is 0 Å². The molecular formula is C10H11F2N3O2. The third-order valence-electron chi connectivity index (χ3n) is 2.48. The lowest BCUT2D eigenvalue weighted by molar-refractivity contribution is 0.411. The largest absolute Gasteiger partial charge is 0.494 e. The molecule has 0 aliphatic heterocycles. The molecule has 2 rings (SSSR count). The van der Waals surface area contributed by atoms with Gasteiger partial charge in [0.15, 0.2) is 11.6 Å². The van der Waals surface area contributed by atoms with Gasteiger partial charge in [0.2, 0.25) is 0 Å². The Morgan fingerprint density at radius 2 is 2.24 bits per heavy atom. The van der Waals surface area contributed by atoms with Crippen molar-refractivity contribution >= 4 is 11.0 Å². The Kier molecular flexibility index (Phi) is 2.84. The van der Waals surface area contributed by atoms with Gasteiger partial charge < -0.3 is 15.5 Å². The molecule has 0 unspecified atom stereocenters. The molecule has 0 bridgehead atoms. The molecule has 0 amide bonds. The fraction of sp³-hybridized carbons (Fsp3) is 0.300. The maximum atomic E-state index is 13.7. The van der Waals surface area contributed by atoms with E-state index in [-0.39, 0.29) is 29.9 Å². The molecular weight excluding hydrogens is 232 g/mol. The van der Waals surface area contributed by atoms with Gasteiger partial charge >= 0.3 is 5.69 Å². The summed E-state index contributed by atoms with van der Waals surface area (Å²) in [5.74, 6) is -2.08. The van der Waals surface area contributed by atoms with Crippen LogP contribution in [-0.4, -0.2) is 23.2 Å². The maximum Gasteiger partial charge on any atom is 0.326 e. The number of halogens is 2. The second-order valence-corrected chi connectivity index (χ2v) is 3.47. The lowest BCUT2D eigenvalue weighted by Gasteiger charge is -2.05. The van der Waals surface area contributed by atoms with E-state index in [1.165, 1.54) is 7.11 Å². The number of ether oxygens (including phenoxy) is 1. The summed E-state index contributed by atoms with van der Waals surface area (Å²) in [6.07, 6.45) is 0. The molecule has 0 radical (unpaired) electrons. The Bertz CT molecular complexity index is 618. The molecule has 3 N–H and O–H groups in total. The van der Waals surface area contributed by atoms with Gasteiger partial charge in [0.25, 0.3) is 0 Å². The van der Waals surface area contributed by atoms with Crippen LogP contribution in [0.2, 0.25) is 0 Å². The number of aromatic amines is 1. The number of hydrogen-bond acceptors (Lipinski definition) is 3. The first kappa shape index (κ1) is 11.6. The number of benzene rings is 1. The van der Waals surface area contributed by atoms with E-state index in [0.717, 1.165) is 10.6 Å². The van der Waals surface area contributed by atoms with Crippen molar-refractivity contribution in [1.82, 2.24) is 9.55 Å². The van der Waals surface area contributed by atoms with Crippen molar-refractivity contribution in [3.8, 4) is 5.75 Å². The van der Waals surface area contributed by atoms with Crippen LogP contribution in [0, 0.1) is 11.6 Å². The third-order valence-corrected chi connectivity index (χ3v) is 2.48. The highest BCUT2D eigenvalue weighted by molar-refractivity contribution is 5.82. The van der Waals surface area contributed by atoms with Crippen LogP contribution in [0.5, 0.6) is 5.75 Å². The third kappa shape index (κ3) is 1.68. The van der Waals surface area contributed by atoms with Crippen LogP contribution in [0.25, 0.3) is 11.0 Å². The molecule has 0 atom stereocenters. The van der Waals surface area contributed by atoms with Gasteiger partial charge in [-0.25, -0.2) is 13.6 Å². The van der Waals surface area contributed by atoms with Crippen molar-refractivity contribution in [1.29, 1.82) is 0 Å². The first-order valence-electron chi connectivity index (χ1n) is 4.94. The summed E-state index contributed by atoms with van der Waals surface area (Å²) in [5, 5.41) is 0. The number of fused-ring (bicyclic) bond motifs is 1. The van der Waals surface area contributed by atoms with Gasteiger partial charge in [0.1, 0.15) is 16.8 Å². The van der Waals surface area contributed by atoms with Gasteiger partial charge in [-0.3, -0.25) is 4.57 Å². The molecule has 0 fully saturated rings. The number of nitrogens with two attached hydrogens (primary N) is 1. The zero-order valence-corrected chi connectivity index (χ0v) is 9.09. The van der Waals surface area contributed by atoms with Gasteiger partial charge in [-0.2, -0.15) is 0 Å². The fourth-order valence-corrected chi connectivity index (χ4v) is 1.74. The van der Waals surface area contributed by atoms with E-state index in [2.05, 4.69) is 4.98 Å². The minimum atomic E-state index is -1.09. The summed E-state index contributed by atoms with van der Waals surface area (Å²) >= 11 is 0. The second kappa shape index (κ2) is 4.17. The van der Waals surface area contributed by atoms with Crippen molar-refractivity contribution < 1.29 is 13.5 Å². The standard InChI is InChI=1S/C10H11F2N3O2/c1-17-6-4-5(11)7(12)9-8(6)14-10(16)15(9)3-2-13/h4H,2-3,13H2,1H3,(H,14,16). The van der Waals surface area contributed by atoms with Gasteiger partial charge in [-0.05, 0) is 0 Å². The zero-order chi connectivity index (χ0) is 12.6. The summed E-state index contributed by atoms with van der Waals surface area (Å²) in [6, 6.07) is 0.889. The van der Waals surface area contributed by atoms with Gasteiger partial charge in [-0.15, -0.1) is 0 Å². The smallest absolute Gasteiger partial charge is 0.326 e. The average Bonchev–Trinajstić information content (AvgIpc) is 2.62. The van der Waals surface area contributed by atoms with Gasteiger partial charge in [-0.1, -0.05) is 0 Å². The molecule has 1 aromatic heterocycles. The highest BCUT2D eigenvalue weighted by atomic mass is 19.2. The van der Waals surface area contributed by atoms with Crippen LogP contribution in [0.3, 0.4) is 0 Å². The number of nitrogens with one attached hydrogen (secondary N) is 1. The van der Waals surface area contributed by atoms with E-state index < -0.39 is 17.3 Å². The van der Waals surface area contributed by atoms with Crippen LogP contribution in [-0.2, 0) is 6.54 Å². The fourth-order valence-electron chi connectivity index (χ4n) is 1.74. The molecule has 1 aromatic carbocycles. The molecule has 7 heteroatoms. The lowest BCUT2D eigenvalue weighted by Crippen LogP contribution is -2.21. The monoisotopic (exact) mass is 243 g/mol. The van der Waals surface area contributed by atoms with Crippen LogP contribution in [0.15, 0.2) is 10.9 Å². The summed E-state index contributed by atoms with van der Waals surface area (Å²) < 4.78 is 32.9. The Morgan fingerprint density at radius 3 is 2.82 bits per heavy atom. The van der Waals surface area contributed by atoms with E-state index >= 15 is 0 Å². The normalized spacial score (nSPS) is 11.1. The predicted octanol–water partition coefficient (Wildman–Crippen LogP) is 0.575.